The molecule has 0 radical (unpaired) electrons. The zero-order valence-electron chi connectivity index (χ0n) is 22.4. The number of carbonyl (C=O) groups is 1. The van der Waals surface area contributed by atoms with Crippen LogP contribution in [-0.4, -0.2) is 73.1 Å². The number of alkyl halides is 6. The Hall–Kier alpha value is -2.31. The summed E-state index contributed by atoms with van der Waals surface area (Å²) in [6.45, 7) is 5.07. The average Bonchev–Trinajstić information content (AvgIpc) is 3.15. The highest BCUT2D eigenvalue weighted by atomic mass is 35.5. The van der Waals surface area contributed by atoms with Gasteiger partial charge in [-0.05, 0) is 93.0 Å². The Morgan fingerprint density at radius 3 is 2.29 bits per heavy atom. The fourth-order valence-corrected chi connectivity index (χ4v) is 6.06. The molecule has 1 N–H and O–H groups in total. The van der Waals surface area contributed by atoms with Crippen molar-refractivity contribution >= 4 is 40.6 Å². The molecule has 0 atom stereocenters. The molecule has 0 spiro atoms. The quantitative estimate of drug-likeness (QED) is 0.246. The van der Waals surface area contributed by atoms with E-state index in [2.05, 4.69) is 15.1 Å². The molecule has 0 saturated carbocycles. The number of hydrogen-bond donors (Lipinski definition) is 1. The first-order chi connectivity index (χ1) is 19.4. The lowest BCUT2D eigenvalue weighted by molar-refractivity contribution is -0.137. The van der Waals surface area contributed by atoms with Gasteiger partial charge in [-0.15, -0.1) is 0 Å². The van der Waals surface area contributed by atoms with Gasteiger partial charge in [-0.1, -0.05) is 11.6 Å². The van der Waals surface area contributed by atoms with E-state index in [9.17, 15) is 31.1 Å². The van der Waals surface area contributed by atoms with E-state index in [1.165, 1.54) is 24.3 Å². The number of piperidine rings is 1. The summed E-state index contributed by atoms with van der Waals surface area (Å²) in [5.41, 5.74) is -3.72. The second-order valence-corrected chi connectivity index (χ2v) is 11.8. The zero-order valence-corrected chi connectivity index (χ0v) is 24.0. The van der Waals surface area contributed by atoms with Crippen molar-refractivity contribution in [2.45, 2.75) is 54.7 Å². The summed E-state index contributed by atoms with van der Waals surface area (Å²) in [6, 6.07) is 9.85. The number of thioether (sulfide) groups is 1. The van der Waals surface area contributed by atoms with Gasteiger partial charge in [0.15, 0.2) is 0 Å². The van der Waals surface area contributed by atoms with Gasteiger partial charge >= 0.3 is 11.7 Å². The Morgan fingerprint density at radius 1 is 0.927 bits per heavy atom. The maximum atomic E-state index is 12.9. The fraction of sp³-hybridized carbons (Fsp3) is 0.536. The van der Waals surface area contributed by atoms with Crippen LogP contribution >= 0.6 is 23.4 Å². The lowest BCUT2D eigenvalue weighted by Gasteiger charge is -2.33. The second kappa shape index (κ2) is 13.8. The third kappa shape index (κ3) is 9.61. The number of benzene rings is 2. The summed E-state index contributed by atoms with van der Waals surface area (Å²) in [5, 5.41) is 3.32. The van der Waals surface area contributed by atoms with Crippen molar-refractivity contribution in [3.63, 3.8) is 0 Å². The molecule has 226 valence electrons. The van der Waals surface area contributed by atoms with E-state index in [1.807, 2.05) is 4.90 Å². The molecule has 2 aromatic carbocycles. The molecule has 0 aromatic heterocycles. The van der Waals surface area contributed by atoms with Crippen LogP contribution in [0.3, 0.4) is 0 Å². The maximum absolute atomic E-state index is 12.9. The number of carbonyl (C=O) groups excluding carboxylic acids is 1. The van der Waals surface area contributed by atoms with Crippen molar-refractivity contribution in [2.75, 3.05) is 56.0 Å². The van der Waals surface area contributed by atoms with E-state index in [-0.39, 0.29) is 33.6 Å². The molecule has 2 aromatic rings. The van der Waals surface area contributed by atoms with Crippen molar-refractivity contribution in [1.29, 1.82) is 0 Å². The van der Waals surface area contributed by atoms with E-state index in [1.54, 1.807) is 6.07 Å². The van der Waals surface area contributed by atoms with Crippen LogP contribution in [0.1, 0.15) is 37.7 Å². The number of nitrogens with one attached hydrogen (secondary N) is 1. The smallest absolute Gasteiger partial charge is 0.382 e. The predicted octanol–water partition coefficient (Wildman–Crippen LogP) is 7.37. The molecule has 2 saturated heterocycles. The van der Waals surface area contributed by atoms with Gasteiger partial charge in [0.05, 0.1) is 10.6 Å². The van der Waals surface area contributed by atoms with Gasteiger partial charge in [0.25, 0.3) is 0 Å². The lowest BCUT2D eigenvalue weighted by atomic mass is 10.0. The minimum atomic E-state index is -4.42. The third-order valence-electron chi connectivity index (χ3n) is 7.39. The molecular formula is C28H33ClF6N4OS. The summed E-state index contributed by atoms with van der Waals surface area (Å²) in [7, 11) is 0. The Labute approximate surface area is 245 Å². The molecule has 13 heteroatoms. The first-order valence-electron chi connectivity index (χ1n) is 13.6. The van der Waals surface area contributed by atoms with Crippen LogP contribution in [0.15, 0.2) is 47.4 Å². The molecule has 4 rings (SSSR count). The Balaban J connectivity index is 1.16. The third-order valence-corrected chi connectivity index (χ3v) is 8.62. The van der Waals surface area contributed by atoms with E-state index >= 15 is 0 Å². The van der Waals surface area contributed by atoms with Gasteiger partial charge in [0.2, 0.25) is 5.91 Å². The van der Waals surface area contributed by atoms with Crippen molar-refractivity contribution in [2.24, 2.45) is 0 Å². The van der Waals surface area contributed by atoms with Gasteiger partial charge in [-0.3, -0.25) is 4.79 Å². The molecule has 0 unspecified atom stereocenters. The van der Waals surface area contributed by atoms with E-state index in [0.29, 0.717) is 44.6 Å². The zero-order chi connectivity index (χ0) is 29.6. The minimum Gasteiger partial charge on any atom is -0.382 e. The van der Waals surface area contributed by atoms with Crippen LogP contribution in [0.4, 0.5) is 37.7 Å². The van der Waals surface area contributed by atoms with Crippen molar-refractivity contribution < 1.29 is 31.1 Å². The summed E-state index contributed by atoms with van der Waals surface area (Å²) in [4.78, 5) is 19.0. The molecular weight excluding hydrogens is 590 g/mol. The van der Waals surface area contributed by atoms with Crippen molar-refractivity contribution in [3.8, 4) is 0 Å². The van der Waals surface area contributed by atoms with Crippen LogP contribution in [0.2, 0.25) is 5.02 Å². The number of rotatable bonds is 8. The van der Waals surface area contributed by atoms with Gasteiger partial charge in [0.1, 0.15) is 0 Å². The van der Waals surface area contributed by atoms with Gasteiger partial charge in [0, 0.05) is 61.5 Å². The fourth-order valence-electron chi connectivity index (χ4n) is 5.23. The highest BCUT2D eigenvalue weighted by Gasteiger charge is 2.31. The number of likely N-dealkylation sites (tertiary alicyclic amines) is 1. The van der Waals surface area contributed by atoms with E-state index in [0.717, 1.165) is 56.8 Å². The highest BCUT2D eigenvalue weighted by molar-refractivity contribution is 8.00. The monoisotopic (exact) mass is 622 g/mol. The predicted molar refractivity (Wildman–Crippen MR) is 151 cm³/mol. The summed E-state index contributed by atoms with van der Waals surface area (Å²) in [6.07, 6.45) is -0.903. The van der Waals surface area contributed by atoms with E-state index in [4.69, 9.17) is 11.6 Å². The molecule has 2 aliphatic rings. The van der Waals surface area contributed by atoms with E-state index < -0.39 is 17.2 Å². The molecule has 2 heterocycles. The van der Waals surface area contributed by atoms with Crippen LogP contribution in [0.5, 0.6) is 0 Å². The molecule has 1 amide bonds. The molecule has 2 aliphatic heterocycles. The molecule has 0 aliphatic carbocycles. The standard InChI is InChI=1S/C28H33ClF6N4OS/c29-24-9-6-22(19-25(24)41-28(33,34)35)36-21-10-15-39(16-11-21)26(40)3-1-12-37-13-2-14-38(18-17-37)23-7-4-20(5-8-23)27(30,31)32/h4-9,19,21,36H,1-3,10-18H2. The molecule has 5 nitrogen and oxygen atoms in total. The normalized spacial score (nSPS) is 17.9. The van der Waals surface area contributed by atoms with Crippen molar-refractivity contribution in [3.05, 3.63) is 53.1 Å². The summed E-state index contributed by atoms with van der Waals surface area (Å²) < 4.78 is 76.9. The van der Waals surface area contributed by atoms with Crippen molar-refractivity contribution in [1.82, 2.24) is 9.80 Å². The molecule has 41 heavy (non-hydrogen) atoms. The number of halogens is 7. The van der Waals surface area contributed by atoms with Crippen LogP contribution in [0, 0.1) is 0 Å². The van der Waals surface area contributed by atoms with Gasteiger partial charge in [-0.25, -0.2) is 0 Å². The Morgan fingerprint density at radius 2 is 1.63 bits per heavy atom. The Kier molecular flexibility index (Phi) is 10.6. The number of anilines is 2. The molecule has 2 fully saturated rings. The number of nitrogens with zero attached hydrogens (tertiary/aromatic N) is 3. The highest BCUT2D eigenvalue weighted by Crippen LogP contribution is 2.41. The summed E-state index contributed by atoms with van der Waals surface area (Å²) in [5.74, 6) is 0.0972. The Bertz CT molecular complexity index is 1160. The summed E-state index contributed by atoms with van der Waals surface area (Å²) >= 11 is 5.68. The van der Waals surface area contributed by atoms with Crippen LogP contribution in [0.25, 0.3) is 0 Å². The topological polar surface area (TPSA) is 38.8 Å². The minimum absolute atomic E-state index is 0.0477. The first kappa shape index (κ1) is 31.6. The van der Waals surface area contributed by atoms with Crippen LogP contribution < -0.4 is 10.2 Å². The molecule has 0 bridgehead atoms. The van der Waals surface area contributed by atoms with Gasteiger partial charge in [-0.2, -0.15) is 26.3 Å². The largest absolute Gasteiger partial charge is 0.446 e. The number of hydrogen-bond acceptors (Lipinski definition) is 5. The lowest BCUT2D eigenvalue weighted by Crippen LogP contribution is -2.42. The maximum Gasteiger partial charge on any atom is 0.446 e. The van der Waals surface area contributed by atoms with Crippen LogP contribution in [-0.2, 0) is 11.0 Å². The first-order valence-corrected chi connectivity index (χ1v) is 14.8. The SMILES string of the molecule is O=C(CCCN1CCCN(c2ccc(C(F)(F)F)cc2)CC1)N1CCC(Nc2ccc(Cl)c(SC(F)(F)F)c2)CC1. The number of amides is 1. The average molecular weight is 623 g/mol. The van der Waals surface area contributed by atoms with Gasteiger partial charge < -0.3 is 20.0 Å². The second-order valence-electron chi connectivity index (χ2n) is 10.3.